The lowest BCUT2D eigenvalue weighted by molar-refractivity contribution is 0.00806. The molecule has 1 saturated carbocycles. The lowest BCUT2D eigenvalue weighted by Crippen LogP contribution is -2.54. The van der Waals surface area contributed by atoms with Crippen LogP contribution in [0.3, 0.4) is 0 Å². The first-order chi connectivity index (χ1) is 14.5. The normalized spacial score (nSPS) is 22.2. The second-order valence-corrected chi connectivity index (χ2v) is 7.99. The Labute approximate surface area is 175 Å². The van der Waals surface area contributed by atoms with Crippen molar-refractivity contribution in [3.8, 4) is 11.5 Å². The molecule has 2 aliphatic rings. The van der Waals surface area contributed by atoms with Crippen LogP contribution in [0.1, 0.15) is 34.3 Å². The molecule has 160 valence electrons. The van der Waals surface area contributed by atoms with E-state index in [0.717, 1.165) is 25.0 Å². The minimum Gasteiger partial charge on any atom is -0.493 e. The van der Waals surface area contributed by atoms with Crippen molar-refractivity contribution in [2.24, 2.45) is 5.92 Å². The van der Waals surface area contributed by atoms with Crippen LogP contribution in [-0.4, -0.2) is 43.4 Å². The lowest BCUT2D eigenvalue weighted by Gasteiger charge is -2.39. The summed E-state index contributed by atoms with van der Waals surface area (Å²) in [7, 11) is 3.19. The van der Waals surface area contributed by atoms with Crippen molar-refractivity contribution in [3.05, 3.63) is 57.5 Å². The summed E-state index contributed by atoms with van der Waals surface area (Å²) >= 11 is 0. The van der Waals surface area contributed by atoms with Crippen LogP contribution in [0.25, 0.3) is 0 Å². The van der Waals surface area contributed by atoms with Crippen molar-refractivity contribution in [3.63, 3.8) is 0 Å². The van der Waals surface area contributed by atoms with E-state index in [9.17, 15) is 9.59 Å². The van der Waals surface area contributed by atoms with Crippen molar-refractivity contribution in [2.45, 2.75) is 44.9 Å². The average molecular weight is 412 g/mol. The molecule has 1 aromatic carbocycles. The fourth-order valence-electron chi connectivity index (χ4n) is 4.41. The summed E-state index contributed by atoms with van der Waals surface area (Å²) in [6.45, 7) is 3.03. The molecular weight excluding hydrogens is 384 g/mol. The number of carbonyl (C=O) groups excluding carboxylic acids is 1. The molecule has 1 aliphatic carbocycles. The van der Waals surface area contributed by atoms with Crippen molar-refractivity contribution < 1.29 is 19.0 Å². The van der Waals surface area contributed by atoms with E-state index in [-0.39, 0.29) is 29.2 Å². The number of pyridine rings is 1. The molecule has 1 saturated heterocycles. The maximum Gasteiger partial charge on any atom is 0.263 e. The molecule has 7 heteroatoms. The Kier molecular flexibility index (Phi) is 5.81. The molecule has 30 heavy (non-hydrogen) atoms. The minimum atomic E-state index is -0.284. The molecule has 0 unspecified atom stereocenters. The molecule has 4 rings (SSSR count). The molecule has 2 aromatic rings. The van der Waals surface area contributed by atoms with E-state index >= 15 is 0 Å². The number of carbonyl (C=O) groups is 1. The van der Waals surface area contributed by atoms with Crippen molar-refractivity contribution in [1.29, 1.82) is 0 Å². The zero-order chi connectivity index (χ0) is 21.3. The minimum absolute atomic E-state index is 0.101. The molecular formula is C23H28N2O5. The molecule has 3 atom stereocenters. The Morgan fingerprint density at radius 1 is 1.23 bits per heavy atom. The highest BCUT2D eigenvalue weighted by atomic mass is 16.5. The molecule has 1 aromatic heterocycles. The van der Waals surface area contributed by atoms with Crippen molar-refractivity contribution >= 4 is 5.91 Å². The van der Waals surface area contributed by atoms with Gasteiger partial charge in [-0.1, -0.05) is 6.07 Å². The van der Waals surface area contributed by atoms with Crippen LogP contribution in [0.4, 0.5) is 0 Å². The molecule has 1 N–H and O–H groups in total. The maximum atomic E-state index is 13.0. The fraction of sp³-hybridized carbons (Fsp3) is 0.478. The SMILES string of the molecule is COc1ccc(CCn2ccc(C)c(C(=O)N[C@@H]3C[C@H]4OCC[C@@H]34)c2=O)cc1OC. The summed E-state index contributed by atoms with van der Waals surface area (Å²) in [4.78, 5) is 25.9. The van der Waals surface area contributed by atoms with Crippen LogP contribution >= 0.6 is 0 Å². The van der Waals surface area contributed by atoms with Gasteiger partial charge in [-0.05, 0) is 55.5 Å². The summed E-state index contributed by atoms with van der Waals surface area (Å²) in [5.74, 6) is 1.41. The molecule has 0 bridgehead atoms. The Morgan fingerprint density at radius 2 is 2.03 bits per heavy atom. The zero-order valence-corrected chi connectivity index (χ0v) is 17.6. The summed E-state index contributed by atoms with van der Waals surface area (Å²) in [5, 5.41) is 3.05. The fourth-order valence-corrected chi connectivity index (χ4v) is 4.41. The Bertz CT molecular complexity index is 1000. The van der Waals surface area contributed by atoms with Gasteiger partial charge < -0.3 is 24.1 Å². The Morgan fingerprint density at radius 3 is 2.77 bits per heavy atom. The third-order valence-electron chi connectivity index (χ3n) is 6.27. The number of methoxy groups -OCH3 is 2. The second-order valence-electron chi connectivity index (χ2n) is 7.99. The summed E-state index contributed by atoms with van der Waals surface area (Å²) in [5.41, 5.74) is 1.69. The van der Waals surface area contributed by atoms with Gasteiger partial charge in [0.2, 0.25) is 0 Å². The van der Waals surface area contributed by atoms with Gasteiger partial charge in [0.25, 0.3) is 11.5 Å². The van der Waals surface area contributed by atoms with Crippen LogP contribution < -0.4 is 20.3 Å². The molecule has 7 nitrogen and oxygen atoms in total. The van der Waals surface area contributed by atoms with Gasteiger partial charge in [0, 0.05) is 31.3 Å². The summed E-state index contributed by atoms with van der Waals surface area (Å²) in [6, 6.07) is 7.63. The highest BCUT2D eigenvalue weighted by molar-refractivity contribution is 5.95. The highest BCUT2D eigenvalue weighted by Gasteiger charge is 2.46. The number of hydrogen-bond acceptors (Lipinski definition) is 5. The van der Waals surface area contributed by atoms with Crippen LogP contribution in [0, 0.1) is 12.8 Å². The van der Waals surface area contributed by atoms with E-state index in [1.165, 1.54) is 0 Å². The predicted molar refractivity (Wildman–Crippen MR) is 112 cm³/mol. The number of aryl methyl sites for hydroxylation is 3. The molecule has 1 aliphatic heterocycles. The first-order valence-electron chi connectivity index (χ1n) is 10.3. The number of aromatic nitrogens is 1. The van der Waals surface area contributed by atoms with Crippen LogP contribution in [0.2, 0.25) is 0 Å². The van der Waals surface area contributed by atoms with Crippen LogP contribution in [0.15, 0.2) is 35.3 Å². The van der Waals surface area contributed by atoms with E-state index in [1.54, 1.807) is 31.9 Å². The monoisotopic (exact) mass is 412 g/mol. The topological polar surface area (TPSA) is 78.8 Å². The first-order valence-corrected chi connectivity index (χ1v) is 10.3. The second kappa shape index (κ2) is 8.52. The number of amides is 1. The van der Waals surface area contributed by atoms with Gasteiger partial charge in [0.15, 0.2) is 11.5 Å². The van der Waals surface area contributed by atoms with E-state index in [1.807, 2.05) is 24.3 Å². The number of ether oxygens (including phenoxy) is 3. The molecule has 0 radical (unpaired) electrons. The number of nitrogens with one attached hydrogen (secondary N) is 1. The molecule has 2 heterocycles. The first kappa shape index (κ1) is 20.5. The van der Waals surface area contributed by atoms with Gasteiger partial charge in [-0.25, -0.2) is 0 Å². The smallest absolute Gasteiger partial charge is 0.263 e. The third-order valence-corrected chi connectivity index (χ3v) is 6.27. The zero-order valence-electron chi connectivity index (χ0n) is 17.6. The highest BCUT2D eigenvalue weighted by Crippen LogP contribution is 2.38. The quantitative estimate of drug-likeness (QED) is 0.755. The van der Waals surface area contributed by atoms with E-state index in [4.69, 9.17) is 14.2 Å². The van der Waals surface area contributed by atoms with Gasteiger partial charge in [-0.15, -0.1) is 0 Å². The summed E-state index contributed by atoms with van der Waals surface area (Å²) in [6.07, 6.45) is 4.45. The Hall–Kier alpha value is -2.80. The van der Waals surface area contributed by atoms with Gasteiger partial charge in [-0.2, -0.15) is 0 Å². The van der Waals surface area contributed by atoms with Gasteiger partial charge in [0.05, 0.1) is 20.3 Å². The number of fused-ring (bicyclic) bond motifs is 1. The Balaban J connectivity index is 1.47. The van der Waals surface area contributed by atoms with Gasteiger partial charge >= 0.3 is 0 Å². The van der Waals surface area contributed by atoms with Crippen LogP contribution in [-0.2, 0) is 17.7 Å². The number of hydrogen-bond donors (Lipinski definition) is 1. The number of nitrogens with zero attached hydrogens (tertiary/aromatic N) is 1. The van der Waals surface area contributed by atoms with E-state index < -0.39 is 0 Å². The summed E-state index contributed by atoms with van der Waals surface area (Å²) < 4.78 is 17.8. The predicted octanol–water partition coefficient (Wildman–Crippen LogP) is 2.32. The molecule has 0 spiro atoms. The standard InChI is InChI=1S/C23H28N2O5/c1-14-6-9-25(10-7-15-4-5-18(28-2)20(12-15)29-3)23(27)21(14)22(26)24-17-13-19-16(17)8-11-30-19/h4-6,9,12,16-17,19H,7-8,10-11,13H2,1-3H3,(H,24,26)/t16-,17+,19+/m0/s1. The third kappa shape index (κ3) is 3.81. The average Bonchev–Trinajstić information content (AvgIpc) is 3.12. The van der Waals surface area contributed by atoms with E-state index in [2.05, 4.69) is 5.32 Å². The maximum absolute atomic E-state index is 13.0. The molecule has 2 fully saturated rings. The largest absolute Gasteiger partial charge is 0.493 e. The van der Waals surface area contributed by atoms with Gasteiger partial charge in [-0.3, -0.25) is 9.59 Å². The van der Waals surface area contributed by atoms with Crippen LogP contribution in [0.5, 0.6) is 11.5 Å². The van der Waals surface area contributed by atoms with Crippen molar-refractivity contribution in [1.82, 2.24) is 9.88 Å². The van der Waals surface area contributed by atoms with E-state index in [0.29, 0.717) is 35.9 Å². The van der Waals surface area contributed by atoms with Gasteiger partial charge in [0.1, 0.15) is 5.56 Å². The number of benzene rings is 1. The molecule has 1 amide bonds. The lowest BCUT2D eigenvalue weighted by atomic mass is 9.76. The number of rotatable bonds is 7. The van der Waals surface area contributed by atoms with Crippen molar-refractivity contribution in [2.75, 3.05) is 20.8 Å².